The number of β-lactam (4-membered cyclic amide) rings is 1. The number of nitrogens with zero attached hydrogens (tertiary/aromatic N) is 1. The molecule has 4 heteroatoms. The molecular weight excluding hydrogens is 422 g/mol. The minimum absolute atomic E-state index is 0.0772. The van der Waals surface area contributed by atoms with Crippen molar-refractivity contribution in [1.82, 2.24) is 4.90 Å². The number of amides is 2. The fourth-order valence-electron chi connectivity index (χ4n) is 7.43. The van der Waals surface area contributed by atoms with E-state index in [-0.39, 0.29) is 29.2 Å². The standard InChI is InChI=1S/C17H25NO2.C13H24O/c1-4-17(2,3)16(20)18-14-12-8-11(13(14)15(18)19)9-6-5-7-10(9)12;1-5-13(3,4)11(2)14-12-9-7-6-8-10-12/h9-14H,4-8H2,1-3H3;12H,2,5-10H2,1,3-4H3. The molecular formula is C30H49NO3. The number of likely N-dealkylation sites (tertiary alicyclic amines) is 1. The van der Waals surface area contributed by atoms with Crippen LogP contribution in [0.4, 0.5) is 0 Å². The Morgan fingerprint density at radius 2 is 1.47 bits per heavy atom. The lowest BCUT2D eigenvalue weighted by molar-refractivity contribution is -0.178. The van der Waals surface area contributed by atoms with Gasteiger partial charge in [-0.15, -0.1) is 0 Å². The summed E-state index contributed by atoms with van der Waals surface area (Å²) < 4.78 is 5.95. The summed E-state index contributed by atoms with van der Waals surface area (Å²) in [7, 11) is 0. The lowest BCUT2D eigenvalue weighted by Gasteiger charge is -2.53. The topological polar surface area (TPSA) is 46.6 Å². The highest BCUT2D eigenvalue weighted by Gasteiger charge is 2.70. The predicted octanol–water partition coefficient (Wildman–Crippen LogP) is 7.13. The normalized spacial score (nSPS) is 34.6. The van der Waals surface area contributed by atoms with Gasteiger partial charge in [0.05, 0.1) is 23.8 Å². The minimum Gasteiger partial charge on any atom is -0.495 e. The molecule has 4 nitrogen and oxygen atoms in total. The second-order valence-corrected chi connectivity index (χ2v) is 13.1. The van der Waals surface area contributed by atoms with Crippen molar-refractivity contribution in [3.8, 4) is 0 Å². The van der Waals surface area contributed by atoms with E-state index in [9.17, 15) is 9.59 Å². The number of imide groups is 1. The van der Waals surface area contributed by atoms with E-state index < -0.39 is 5.41 Å². The van der Waals surface area contributed by atoms with E-state index in [4.69, 9.17) is 4.74 Å². The second kappa shape index (κ2) is 9.62. The molecule has 5 aliphatic rings. The maximum atomic E-state index is 12.7. The molecule has 192 valence electrons. The minimum atomic E-state index is -0.391. The quantitative estimate of drug-likeness (QED) is 0.306. The Kier molecular flexibility index (Phi) is 7.29. The maximum Gasteiger partial charge on any atom is 0.235 e. The second-order valence-electron chi connectivity index (χ2n) is 13.1. The van der Waals surface area contributed by atoms with Crippen molar-refractivity contribution < 1.29 is 14.3 Å². The Morgan fingerprint density at radius 3 is 2.06 bits per heavy atom. The zero-order valence-electron chi connectivity index (χ0n) is 22.7. The lowest BCUT2D eigenvalue weighted by atomic mass is 9.66. The molecule has 0 aromatic carbocycles. The van der Waals surface area contributed by atoms with Crippen molar-refractivity contribution >= 4 is 11.8 Å². The highest BCUT2D eigenvalue weighted by atomic mass is 16.5. The molecule has 2 amide bonds. The number of rotatable bonds is 6. The summed E-state index contributed by atoms with van der Waals surface area (Å²) in [5.74, 6) is 4.28. The molecule has 0 N–H and O–H groups in total. The molecule has 4 aliphatic carbocycles. The highest BCUT2D eigenvalue weighted by molar-refractivity contribution is 6.04. The molecule has 5 rings (SSSR count). The Hall–Kier alpha value is -1.32. The molecule has 6 unspecified atom stereocenters. The van der Waals surface area contributed by atoms with Gasteiger partial charge in [-0.1, -0.05) is 61.0 Å². The highest BCUT2D eigenvalue weighted by Crippen LogP contribution is 2.65. The third-order valence-corrected chi connectivity index (χ3v) is 10.5. The van der Waals surface area contributed by atoms with Crippen LogP contribution in [0.3, 0.4) is 0 Å². The molecule has 0 aromatic rings. The zero-order chi connectivity index (χ0) is 24.8. The molecule has 1 aliphatic heterocycles. The van der Waals surface area contributed by atoms with Gasteiger partial charge in [-0.2, -0.15) is 0 Å². The smallest absolute Gasteiger partial charge is 0.235 e. The van der Waals surface area contributed by atoms with Crippen LogP contribution in [-0.4, -0.2) is 28.9 Å². The first-order valence-electron chi connectivity index (χ1n) is 14.3. The summed E-state index contributed by atoms with van der Waals surface area (Å²) in [6.45, 7) is 16.7. The fraction of sp³-hybridized carbons (Fsp3) is 0.867. The first kappa shape index (κ1) is 25.8. The third-order valence-electron chi connectivity index (χ3n) is 10.5. The van der Waals surface area contributed by atoms with E-state index in [0.717, 1.165) is 30.4 Å². The molecule has 1 heterocycles. The summed E-state index contributed by atoms with van der Waals surface area (Å²) in [6.07, 6.45) is 14.0. The molecule has 5 fully saturated rings. The molecule has 0 spiro atoms. The van der Waals surface area contributed by atoms with Crippen LogP contribution in [0.15, 0.2) is 12.3 Å². The van der Waals surface area contributed by atoms with Crippen LogP contribution in [0.2, 0.25) is 0 Å². The predicted molar refractivity (Wildman–Crippen MR) is 137 cm³/mol. The average molecular weight is 472 g/mol. The molecule has 34 heavy (non-hydrogen) atoms. The number of carbonyl (C=O) groups is 2. The molecule has 4 saturated carbocycles. The van der Waals surface area contributed by atoms with Gasteiger partial charge in [0.25, 0.3) is 0 Å². The average Bonchev–Trinajstić information content (AvgIpc) is 3.51. The summed E-state index contributed by atoms with van der Waals surface area (Å²) in [6, 6.07) is 0.269. The van der Waals surface area contributed by atoms with Crippen LogP contribution in [-0.2, 0) is 14.3 Å². The number of hydrogen-bond acceptors (Lipinski definition) is 3. The van der Waals surface area contributed by atoms with Crippen molar-refractivity contribution in [3.63, 3.8) is 0 Å². The van der Waals surface area contributed by atoms with Gasteiger partial charge in [0.15, 0.2) is 0 Å². The number of hydrogen-bond donors (Lipinski definition) is 0. The van der Waals surface area contributed by atoms with Crippen molar-refractivity contribution in [1.29, 1.82) is 0 Å². The number of carbonyl (C=O) groups excluding carboxylic acids is 2. The SMILES string of the molecule is C=C(OC1CCCCC1)C(C)(C)CC.CCC(C)(C)C(=O)N1C(=O)C2C3CC(C4CCCC43)C21. The Bertz CT molecular complexity index is 793. The molecule has 1 saturated heterocycles. The van der Waals surface area contributed by atoms with Crippen LogP contribution in [0.1, 0.15) is 112 Å². The number of allylic oxidation sites excluding steroid dienone is 1. The Labute approximate surface area is 208 Å². The van der Waals surface area contributed by atoms with Crippen LogP contribution in [0.25, 0.3) is 0 Å². The van der Waals surface area contributed by atoms with Crippen LogP contribution in [0.5, 0.6) is 0 Å². The van der Waals surface area contributed by atoms with Crippen molar-refractivity contribution in [3.05, 3.63) is 12.3 Å². The van der Waals surface area contributed by atoms with E-state index in [2.05, 4.69) is 27.4 Å². The largest absolute Gasteiger partial charge is 0.495 e. The van der Waals surface area contributed by atoms with E-state index in [1.807, 2.05) is 20.8 Å². The molecule has 6 atom stereocenters. The van der Waals surface area contributed by atoms with Gasteiger partial charge < -0.3 is 4.74 Å². The van der Waals surface area contributed by atoms with Crippen molar-refractivity contribution in [2.24, 2.45) is 40.4 Å². The fourth-order valence-corrected chi connectivity index (χ4v) is 7.43. The number of fused-ring (bicyclic) bond motifs is 8. The van der Waals surface area contributed by atoms with E-state index in [0.29, 0.717) is 17.9 Å². The van der Waals surface area contributed by atoms with Gasteiger partial charge in [0.1, 0.15) is 0 Å². The van der Waals surface area contributed by atoms with Gasteiger partial charge in [-0.05, 0) is 81.5 Å². The van der Waals surface area contributed by atoms with E-state index in [1.165, 1.54) is 57.8 Å². The van der Waals surface area contributed by atoms with E-state index in [1.54, 1.807) is 4.90 Å². The molecule has 0 aromatic heterocycles. The van der Waals surface area contributed by atoms with Gasteiger partial charge in [-0.3, -0.25) is 14.5 Å². The van der Waals surface area contributed by atoms with Crippen LogP contribution in [0, 0.1) is 40.4 Å². The maximum absolute atomic E-state index is 12.7. The number of ether oxygens (including phenoxy) is 1. The van der Waals surface area contributed by atoms with Gasteiger partial charge in [0, 0.05) is 10.8 Å². The Balaban J connectivity index is 0.000000173. The summed E-state index contributed by atoms with van der Waals surface area (Å²) in [5, 5.41) is 0. The summed E-state index contributed by atoms with van der Waals surface area (Å²) >= 11 is 0. The Morgan fingerprint density at radius 1 is 0.882 bits per heavy atom. The van der Waals surface area contributed by atoms with Gasteiger partial charge >= 0.3 is 0 Å². The van der Waals surface area contributed by atoms with Gasteiger partial charge in [0.2, 0.25) is 11.8 Å². The van der Waals surface area contributed by atoms with Gasteiger partial charge in [-0.25, -0.2) is 0 Å². The first-order valence-corrected chi connectivity index (χ1v) is 14.3. The zero-order valence-corrected chi connectivity index (χ0v) is 22.7. The molecule has 0 radical (unpaired) electrons. The van der Waals surface area contributed by atoms with Crippen molar-refractivity contribution in [2.45, 2.75) is 124 Å². The molecule has 2 bridgehead atoms. The summed E-state index contributed by atoms with van der Waals surface area (Å²) in [4.78, 5) is 26.9. The first-order chi connectivity index (χ1) is 16.0. The summed E-state index contributed by atoms with van der Waals surface area (Å²) in [5.41, 5.74) is -0.255. The monoisotopic (exact) mass is 471 g/mol. The van der Waals surface area contributed by atoms with Crippen molar-refractivity contribution in [2.75, 3.05) is 0 Å². The lowest BCUT2D eigenvalue weighted by Crippen LogP contribution is -2.68. The van der Waals surface area contributed by atoms with Crippen LogP contribution >= 0.6 is 0 Å². The van der Waals surface area contributed by atoms with Crippen LogP contribution < -0.4 is 0 Å². The van der Waals surface area contributed by atoms with E-state index >= 15 is 0 Å². The third kappa shape index (κ3) is 4.37.